The van der Waals surface area contributed by atoms with E-state index in [9.17, 15) is 4.79 Å². The van der Waals surface area contributed by atoms with Gasteiger partial charge in [0, 0.05) is 14.2 Å². The van der Waals surface area contributed by atoms with Crippen LogP contribution < -0.4 is 9.47 Å². The molecule has 0 aliphatic rings. The molecule has 0 unspecified atom stereocenters. The van der Waals surface area contributed by atoms with Crippen molar-refractivity contribution in [3.8, 4) is 22.6 Å². The topological polar surface area (TPSA) is 54.0 Å². The van der Waals surface area contributed by atoms with Gasteiger partial charge in [0.15, 0.2) is 11.5 Å². The van der Waals surface area contributed by atoms with E-state index in [1.807, 2.05) is 30.3 Å². The highest BCUT2D eigenvalue weighted by Crippen LogP contribution is 2.32. The highest BCUT2D eigenvalue weighted by Gasteiger charge is 2.09. The van der Waals surface area contributed by atoms with Crippen LogP contribution in [-0.4, -0.2) is 41.5 Å². The van der Waals surface area contributed by atoms with Crippen molar-refractivity contribution in [2.75, 3.05) is 35.5 Å². The molecule has 2 rings (SSSR count). The maximum absolute atomic E-state index is 11.6. The predicted octanol–water partition coefficient (Wildman–Crippen LogP) is 3.42. The van der Waals surface area contributed by atoms with Crippen LogP contribution in [0.4, 0.5) is 0 Å². The first-order chi connectivity index (χ1) is 11.1. The van der Waals surface area contributed by atoms with E-state index in [1.165, 1.54) is 7.11 Å². The molecule has 5 heteroatoms. The van der Waals surface area contributed by atoms with E-state index >= 15 is 0 Å². The Bertz CT molecular complexity index is 637. The van der Waals surface area contributed by atoms with Crippen molar-refractivity contribution in [1.29, 1.82) is 0 Å². The van der Waals surface area contributed by atoms with Gasteiger partial charge in [-0.25, -0.2) is 4.79 Å². The number of ether oxygens (including phenoxy) is 4. The minimum absolute atomic E-state index is 0.354. The molecule has 0 atom stereocenters. The number of carbonyl (C=O) groups is 1. The second-order valence-corrected chi connectivity index (χ2v) is 4.55. The fourth-order valence-electron chi connectivity index (χ4n) is 1.96. The van der Waals surface area contributed by atoms with Crippen molar-refractivity contribution >= 4 is 5.97 Å². The molecule has 23 heavy (non-hydrogen) atoms. The summed E-state index contributed by atoms with van der Waals surface area (Å²) in [6, 6.07) is 12.9. The van der Waals surface area contributed by atoms with Crippen LogP contribution in [-0.2, 0) is 9.47 Å². The number of rotatable bonds is 4. The highest BCUT2D eigenvalue weighted by molar-refractivity contribution is 5.91. The zero-order valence-corrected chi connectivity index (χ0v) is 14.1. The number of carbonyl (C=O) groups excluding carboxylic acids is 1. The van der Waals surface area contributed by atoms with Crippen LogP contribution in [0.1, 0.15) is 10.4 Å². The number of hydrogen-bond donors (Lipinski definition) is 0. The molecule has 0 fully saturated rings. The maximum atomic E-state index is 11.6. The Morgan fingerprint density at radius 1 is 0.783 bits per heavy atom. The predicted molar refractivity (Wildman–Crippen MR) is 89.3 cm³/mol. The molecular weight excluding hydrogens is 296 g/mol. The first-order valence-corrected chi connectivity index (χ1v) is 6.92. The average Bonchev–Trinajstić information content (AvgIpc) is 2.61. The van der Waals surface area contributed by atoms with Gasteiger partial charge in [-0.05, 0) is 35.4 Å². The number of methoxy groups -OCH3 is 4. The standard InChI is InChI=1S/C16H16O4.C2H6O/c1-18-14-8-7-12(10-15(14)19-2)11-5-4-6-13(9-11)16(17)20-3;1-3-2/h4-10H,1-3H3;1-2H3. The van der Waals surface area contributed by atoms with E-state index in [4.69, 9.17) is 14.2 Å². The molecule has 5 nitrogen and oxygen atoms in total. The molecular formula is C18H22O5. The Labute approximate surface area is 136 Å². The lowest BCUT2D eigenvalue weighted by atomic mass is 10.0. The number of esters is 1. The van der Waals surface area contributed by atoms with Crippen molar-refractivity contribution in [3.63, 3.8) is 0 Å². The molecule has 0 heterocycles. The number of hydrogen-bond acceptors (Lipinski definition) is 5. The Kier molecular flexibility index (Phi) is 7.63. The number of benzene rings is 2. The molecule has 0 N–H and O–H groups in total. The van der Waals surface area contributed by atoms with Crippen LogP contribution in [0.5, 0.6) is 11.5 Å². The normalized spacial score (nSPS) is 9.43. The van der Waals surface area contributed by atoms with Crippen LogP contribution in [0.3, 0.4) is 0 Å². The molecule has 0 saturated heterocycles. The van der Waals surface area contributed by atoms with Crippen LogP contribution in [0.25, 0.3) is 11.1 Å². The summed E-state index contributed by atoms with van der Waals surface area (Å²) in [5, 5.41) is 0. The van der Waals surface area contributed by atoms with Gasteiger partial charge in [-0.15, -0.1) is 0 Å². The molecule has 0 bridgehead atoms. The maximum Gasteiger partial charge on any atom is 0.337 e. The van der Waals surface area contributed by atoms with E-state index in [1.54, 1.807) is 40.6 Å². The largest absolute Gasteiger partial charge is 0.493 e. The summed E-state index contributed by atoms with van der Waals surface area (Å²) in [6.45, 7) is 0. The van der Waals surface area contributed by atoms with Crippen molar-refractivity contribution < 1.29 is 23.7 Å². The van der Waals surface area contributed by atoms with Crippen molar-refractivity contribution in [2.45, 2.75) is 0 Å². The lowest BCUT2D eigenvalue weighted by Gasteiger charge is -2.10. The summed E-state index contributed by atoms with van der Waals surface area (Å²) in [7, 11) is 7.80. The van der Waals surface area contributed by atoms with Gasteiger partial charge in [-0.3, -0.25) is 0 Å². The second kappa shape index (κ2) is 9.48. The zero-order valence-electron chi connectivity index (χ0n) is 14.1. The van der Waals surface area contributed by atoms with Crippen LogP contribution in [0, 0.1) is 0 Å². The van der Waals surface area contributed by atoms with Gasteiger partial charge in [-0.1, -0.05) is 18.2 Å². The summed E-state index contributed by atoms with van der Waals surface area (Å²) >= 11 is 0. The molecule has 2 aromatic carbocycles. The van der Waals surface area contributed by atoms with Gasteiger partial charge in [0.05, 0.1) is 26.9 Å². The quantitative estimate of drug-likeness (QED) is 0.809. The van der Waals surface area contributed by atoms with Gasteiger partial charge < -0.3 is 18.9 Å². The lowest BCUT2D eigenvalue weighted by molar-refractivity contribution is 0.0601. The summed E-state index contributed by atoms with van der Waals surface area (Å²) in [5.74, 6) is 0.959. The zero-order chi connectivity index (χ0) is 17.2. The Morgan fingerprint density at radius 3 is 1.96 bits per heavy atom. The lowest BCUT2D eigenvalue weighted by Crippen LogP contribution is -2.00. The van der Waals surface area contributed by atoms with Crippen molar-refractivity contribution in [3.05, 3.63) is 48.0 Å². The molecule has 0 amide bonds. The van der Waals surface area contributed by atoms with E-state index in [0.29, 0.717) is 17.1 Å². The second-order valence-electron chi connectivity index (χ2n) is 4.55. The third-order valence-corrected chi connectivity index (χ3v) is 3.00. The molecule has 0 spiro atoms. The SMILES string of the molecule is COC.COC(=O)c1cccc(-c2ccc(OC)c(OC)c2)c1. The molecule has 0 saturated carbocycles. The van der Waals surface area contributed by atoms with Crippen LogP contribution in [0.15, 0.2) is 42.5 Å². The Balaban J connectivity index is 0.000000816. The average molecular weight is 318 g/mol. The minimum Gasteiger partial charge on any atom is -0.493 e. The Hall–Kier alpha value is -2.53. The fraction of sp³-hybridized carbons (Fsp3) is 0.278. The third-order valence-electron chi connectivity index (χ3n) is 3.00. The van der Waals surface area contributed by atoms with E-state index in [0.717, 1.165) is 11.1 Å². The van der Waals surface area contributed by atoms with Gasteiger partial charge in [0.1, 0.15) is 0 Å². The van der Waals surface area contributed by atoms with Crippen molar-refractivity contribution in [2.24, 2.45) is 0 Å². The highest BCUT2D eigenvalue weighted by atomic mass is 16.5. The minimum atomic E-state index is -0.354. The third kappa shape index (κ3) is 5.00. The summed E-state index contributed by atoms with van der Waals surface area (Å²) < 4.78 is 19.5. The molecule has 0 aliphatic carbocycles. The fourth-order valence-corrected chi connectivity index (χ4v) is 1.96. The van der Waals surface area contributed by atoms with E-state index < -0.39 is 0 Å². The summed E-state index contributed by atoms with van der Waals surface area (Å²) in [6.07, 6.45) is 0. The molecule has 124 valence electrons. The van der Waals surface area contributed by atoms with Gasteiger partial charge >= 0.3 is 5.97 Å². The van der Waals surface area contributed by atoms with E-state index in [-0.39, 0.29) is 5.97 Å². The van der Waals surface area contributed by atoms with E-state index in [2.05, 4.69) is 4.74 Å². The molecule has 0 aromatic heterocycles. The first-order valence-electron chi connectivity index (χ1n) is 6.92. The Morgan fingerprint density at radius 2 is 1.39 bits per heavy atom. The molecule has 2 aromatic rings. The van der Waals surface area contributed by atoms with Gasteiger partial charge in [0.2, 0.25) is 0 Å². The van der Waals surface area contributed by atoms with Gasteiger partial charge in [-0.2, -0.15) is 0 Å². The van der Waals surface area contributed by atoms with Crippen LogP contribution >= 0.6 is 0 Å². The van der Waals surface area contributed by atoms with Crippen LogP contribution in [0.2, 0.25) is 0 Å². The monoisotopic (exact) mass is 318 g/mol. The van der Waals surface area contributed by atoms with Gasteiger partial charge in [0.25, 0.3) is 0 Å². The first kappa shape index (κ1) is 18.5. The molecule has 0 radical (unpaired) electrons. The summed E-state index contributed by atoms with van der Waals surface area (Å²) in [4.78, 5) is 11.6. The molecule has 0 aliphatic heterocycles. The smallest absolute Gasteiger partial charge is 0.337 e. The van der Waals surface area contributed by atoms with Crippen molar-refractivity contribution in [1.82, 2.24) is 0 Å². The summed E-state index contributed by atoms with van der Waals surface area (Å²) in [5.41, 5.74) is 2.36.